The quantitative estimate of drug-likeness (QED) is 0.264. The number of benzene rings is 1. The minimum atomic E-state index is 0.0949. The van der Waals surface area contributed by atoms with Crippen LogP contribution in [0.1, 0.15) is 52.0 Å². The summed E-state index contributed by atoms with van der Waals surface area (Å²) in [5.41, 5.74) is 1.41. The highest BCUT2D eigenvalue weighted by Crippen LogP contribution is 2.30. The highest BCUT2D eigenvalue weighted by molar-refractivity contribution is 5.79. The fraction of sp³-hybridized carbons (Fsp3) is 0.682. The number of nitrogens with one attached hydrogen (secondary N) is 2. The molecule has 1 rings (SSSR count). The van der Waals surface area contributed by atoms with Crippen molar-refractivity contribution in [3.05, 3.63) is 35.9 Å². The van der Waals surface area contributed by atoms with Gasteiger partial charge in [0.25, 0.3) is 0 Å². The lowest BCUT2D eigenvalue weighted by Crippen LogP contribution is -2.39. The molecule has 0 amide bonds. The number of nitrogens with zero attached hydrogens (tertiary/aromatic N) is 1. The highest BCUT2D eigenvalue weighted by Gasteiger charge is 2.25. The van der Waals surface area contributed by atoms with Gasteiger partial charge in [-0.2, -0.15) is 0 Å². The third-order valence-electron chi connectivity index (χ3n) is 5.19. The van der Waals surface area contributed by atoms with Gasteiger partial charge in [-0.25, -0.2) is 0 Å². The first kappa shape index (κ1) is 23.4. The van der Waals surface area contributed by atoms with Crippen LogP contribution >= 0.6 is 0 Å². The van der Waals surface area contributed by atoms with Gasteiger partial charge in [-0.05, 0) is 50.0 Å². The summed E-state index contributed by atoms with van der Waals surface area (Å²) in [7, 11) is 0. The van der Waals surface area contributed by atoms with E-state index in [1.165, 1.54) is 5.56 Å². The molecule has 0 saturated heterocycles. The van der Waals surface area contributed by atoms with Crippen molar-refractivity contribution in [3.8, 4) is 0 Å². The van der Waals surface area contributed by atoms with Crippen molar-refractivity contribution < 1.29 is 9.84 Å². The number of hydrogen-bond donors (Lipinski definition) is 3. The minimum Gasteiger partial charge on any atom is -0.396 e. The zero-order valence-corrected chi connectivity index (χ0v) is 17.5. The van der Waals surface area contributed by atoms with Gasteiger partial charge in [0, 0.05) is 32.8 Å². The molecule has 3 N–H and O–H groups in total. The number of aliphatic hydroxyl groups excluding tert-OH is 1. The Balaban J connectivity index is 2.28. The number of hydrogen-bond acceptors (Lipinski definition) is 3. The van der Waals surface area contributed by atoms with Crippen LogP contribution in [0.15, 0.2) is 35.3 Å². The second kappa shape index (κ2) is 14.5. The number of ether oxygens (including phenoxy) is 1. The van der Waals surface area contributed by atoms with E-state index in [-0.39, 0.29) is 12.0 Å². The normalized spacial score (nSPS) is 12.2. The van der Waals surface area contributed by atoms with Crippen molar-refractivity contribution in [2.24, 2.45) is 10.4 Å². The van der Waals surface area contributed by atoms with Gasteiger partial charge in [0.05, 0.1) is 6.61 Å². The molecule has 0 unspecified atom stereocenters. The molecule has 0 heterocycles. The number of aliphatic imine (C=N–C) groups is 1. The number of rotatable bonds is 14. The van der Waals surface area contributed by atoms with Crippen molar-refractivity contribution in [2.45, 2.75) is 52.9 Å². The van der Waals surface area contributed by atoms with E-state index >= 15 is 0 Å². The van der Waals surface area contributed by atoms with Crippen molar-refractivity contribution in [1.82, 2.24) is 10.6 Å². The second-order valence-corrected chi connectivity index (χ2v) is 7.00. The van der Waals surface area contributed by atoms with E-state index in [2.05, 4.69) is 55.7 Å². The van der Waals surface area contributed by atoms with E-state index in [1.807, 2.05) is 6.07 Å². The first-order chi connectivity index (χ1) is 13.2. The van der Waals surface area contributed by atoms with Crippen LogP contribution in [-0.4, -0.2) is 50.5 Å². The Kier molecular flexibility index (Phi) is 12.6. The lowest BCUT2D eigenvalue weighted by Gasteiger charge is -2.29. The Morgan fingerprint density at radius 2 is 1.81 bits per heavy atom. The lowest BCUT2D eigenvalue weighted by atomic mass is 9.79. The second-order valence-electron chi connectivity index (χ2n) is 7.00. The van der Waals surface area contributed by atoms with E-state index in [0.717, 1.165) is 70.9 Å². The standard InChI is InChI=1S/C22H39N3O2/c1-4-22(5-2,14-16-26)19-25-21(23-6-3)24-15-10-17-27-18-13-20-11-8-7-9-12-20/h7-9,11-12,26H,4-6,10,13-19H2,1-3H3,(H2,23,24,25). The summed E-state index contributed by atoms with van der Waals surface area (Å²) in [6.45, 7) is 10.6. The molecule has 0 aromatic heterocycles. The zero-order chi connectivity index (χ0) is 19.8. The van der Waals surface area contributed by atoms with Crippen LogP contribution in [0.4, 0.5) is 0 Å². The van der Waals surface area contributed by atoms with Crippen molar-refractivity contribution in [2.75, 3.05) is 39.5 Å². The van der Waals surface area contributed by atoms with E-state index in [4.69, 9.17) is 9.73 Å². The van der Waals surface area contributed by atoms with Gasteiger partial charge in [0.2, 0.25) is 0 Å². The van der Waals surface area contributed by atoms with Crippen LogP contribution in [0.5, 0.6) is 0 Å². The third-order valence-corrected chi connectivity index (χ3v) is 5.19. The summed E-state index contributed by atoms with van der Waals surface area (Å²) in [5.74, 6) is 0.853. The van der Waals surface area contributed by atoms with Crippen molar-refractivity contribution >= 4 is 5.96 Å². The summed E-state index contributed by atoms with van der Waals surface area (Å²) in [5, 5.41) is 16.0. The van der Waals surface area contributed by atoms with E-state index < -0.39 is 0 Å². The van der Waals surface area contributed by atoms with Crippen LogP contribution < -0.4 is 10.6 Å². The van der Waals surface area contributed by atoms with Crippen molar-refractivity contribution in [1.29, 1.82) is 0 Å². The van der Waals surface area contributed by atoms with Gasteiger partial charge in [0.15, 0.2) is 5.96 Å². The molecular formula is C22H39N3O2. The molecule has 27 heavy (non-hydrogen) atoms. The first-order valence-electron chi connectivity index (χ1n) is 10.4. The molecule has 0 atom stereocenters. The average molecular weight is 378 g/mol. The molecule has 5 nitrogen and oxygen atoms in total. The smallest absolute Gasteiger partial charge is 0.191 e. The van der Waals surface area contributed by atoms with Crippen LogP contribution in [0.25, 0.3) is 0 Å². The molecule has 0 radical (unpaired) electrons. The molecular weight excluding hydrogens is 338 g/mol. The minimum absolute atomic E-state index is 0.0949. The molecule has 154 valence electrons. The molecule has 1 aromatic rings. The predicted octanol–water partition coefficient (Wildman–Crippen LogP) is 3.38. The van der Waals surface area contributed by atoms with Gasteiger partial charge in [0.1, 0.15) is 0 Å². The molecule has 0 aliphatic heterocycles. The molecule has 0 aliphatic carbocycles. The Bertz CT molecular complexity index is 502. The number of guanidine groups is 1. The maximum atomic E-state index is 9.36. The largest absolute Gasteiger partial charge is 0.396 e. The lowest BCUT2D eigenvalue weighted by molar-refractivity contribution is 0.135. The first-order valence-corrected chi connectivity index (χ1v) is 10.4. The molecule has 1 aromatic carbocycles. The number of aliphatic hydroxyl groups is 1. The third kappa shape index (κ3) is 9.78. The molecule has 0 bridgehead atoms. The topological polar surface area (TPSA) is 65.9 Å². The summed E-state index contributed by atoms with van der Waals surface area (Å²) >= 11 is 0. The maximum absolute atomic E-state index is 9.36. The summed E-state index contributed by atoms with van der Waals surface area (Å²) < 4.78 is 5.73. The van der Waals surface area contributed by atoms with E-state index in [0.29, 0.717) is 0 Å². The SMILES string of the molecule is CCNC(=NCC(CC)(CC)CCO)NCCCOCCc1ccccc1. The monoisotopic (exact) mass is 377 g/mol. The summed E-state index contributed by atoms with van der Waals surface area (Å²) in [6, 6.07) is 10.4. The van der Waals surface area contributed by atoms with Gasteiger partial charge in [-0.15, -0.1) is 0 Å². The molecule has 0 aliphatic rings. The summed E-state index contributed by atoms with van der Waals surface area (Å²) in [6.07, 6.45) is 4.77. The maximum Gasteiger partial charge on any atom is 0.191 e. The summed E-state index contributed by atoms with van der Waals surface area (Å²) in [4.78, 5) is 4.76. The predicted molar refractivity (Wildman–Crippen MR) is 114 cm³/mol. The molecule has 5 heteroatoms. The van der Waals surface area contributed by atoms with Crippen molar-refractivity contribution in [3.63, 3.8) is 0 Å². The Morgan fingerprint density at radius 1 is 1.07 bits per heavy atom. The van der Waals surface area contributed by atoms with Crippen LogP contribution in [-0.2, 0) is 11.2 Å². The van der Waals surface area contributed by atoms with Crippen LogP contribution in [0.2, 0.25) is 0 Å². The fourth-order valence-electron chi connectivity index (χ4n) is 3.05. The van der Waals surface area contributed by atoms with Gasteiger partial charge in [-0.3, -0.25) is 4.99 Å². The Morgan fingerprint density at radius 3 is 2.44 bits per heavy atom. The average Bonchev–Trinajstić information content (AvgIpc) is 2.71. The molecule has 0 saturated carbocycles. The van der Waals surface area contributed by atoms with E-state index in [9.17, 15) is 5.11 Å². The van der Waals surface area contributed by atoms with Crippen LogP contribution in [0, 0.1) is 5.41 Å². The van der Waals surface area contributed by atoms with Crippen LogP contribution in [0.3, 0.4) is 0 Å². The molecule has 0 spiro atoms. The van der Waals surface area contributed by atoms with Gasteiger partial charge in [-0.1, -0.05) is 44.2 Å². The Hall–Kier alpha value is -1.59. The molecule has 0 fully saturated rings. The van der Waals surface area contributed by atoms with E-state index in [1.54, 1.807) is 0 Å². The highest BCUT2D eigenvalue weighted by atomic mass is 16.5. The fourth-order valence-corrected chi connectivity index (χ4v) is 3.05. The Labute approximate surface area is 165 Å². The van der Waals surface area contributed by atoms with Gasteiger partial charge < -0.3 is 20.5 Å². The van der Waals surface area contributed by atoms with Gasteiger partial charge >= 0.3 is 0 Å². The zero-order valence-electron chi connectivity index (χ0n) is 17.5.